The molecule has 1 aromatic rings. The Morgan fingerprint density at radius 2 is 2.20 bits per heavy atom. The van der Waals surface area contributed by atoms with E-state index in [1.165, 1.54) is 5.56 Å². The van der Waals surface area contributed by atoms with Crippen molar-refractivity contribution < 1.29 is 17.9 Å². The molecule has 6 heteroatoms. The lowest BCUT2D eigenvalue weighted by molar-refractivity contribution is -0.0327. The van der Waals surface area contributed by atoms with E-state index in [0.717, 1.165) is 30.6 Å². The summed E-state index contributed by atoms with van der Waals surface area (Å²) in [5.41, 5.74) is -1.72. The van der Waals surface area contributed by atoms with Crippen molar-refractivity contribution in [2.24, 2.45) is 0 Å². The average Bonchev–Trinajstić information content (AvgIpc) is 2.42. The first kappa shape index (κ1) is 15.5. The molecule has 0 fully saturated rings. The third kappa shape index (κ3) is 4.31. The summed E-state index contributed by atoms with van der Waals surface area (Å²) < 4.78 is 41.5. The number of methoxy groups -OCH3 is 1. The lowest BCUT2D eigenvalue weighted by atomic mass is 9.87. The minimum Gasteiger partial charge on any atom is -0.497 e. The molecule has 1 aromatic carbocycles. The second kappa shape index (κ2) is 6.72. The smallest absolute Gasteiger partial charge is 0.441 e. The zero-order valence-electron chi connectivity index (χ0n) is 11.3. The van der Waals surface area contributed by atoms with Crippen LogP contribution in [0.1, 0.15) is 30.0 Å². The molecule has 0 radical (unpaired) electrons. The Hall–Kier alpha value is -0.880. The van der Waals surface area contributed by atoms with Crippen LogP contribution < -0.4 is 10.1 Å². The number of thioether (sulfide) groups is 1. The van der Waals surface area contributed by atoms with Gasteiger partial charge in [0.25, 0.3) is 0 Å². The minimum atomic E-state index is -4.14. The molecule has 1 aliphatic carbocycles. The fourth-order valence-corrected chi connectivity index (χ4v) is 2.97. The molecule has 0 saturated heterocycles. The maximum Gasteiger partial charge on any atom is 0.441 e. The first-order valence-corrected chi connectivity index (χ1v) is 7.59. The Bertz CT molecular complexity index is 451. The lowest BCUT2D eigenvalue weighted by Crippen LogP contribution is -2.27. The highest BCUT2D eigenvalue weighted by Crippen LogP contribution is 2.33. The molecule has 0 aliphatic heterocycles. The fraction of sp³-hybridized carbons (Fsp3) is 0.571. The van der Waals surface area contributed by atoms with Gasteiger partial charge in [-0.2, -0.15) is 13.2 Å². The maximum absolute atomic E-state index is 12.1. The van der Waals surface area contributed by atoms with Gasteiger partial charge in [0.05, 0.1) is 7.11 Å². The molecule has 0 saturated carbocycles. The first-order valence-electron chi connectivity index (χ1n) is 6.60. The Balaban J connectivity index is 1.94. The van der Waals surface area contributed by atoms with Crippen LogP contribution in [0.5, 0.6) is 5.75 Å². The van der Waals surface area contributed by atoms with Crippen LogP contribution in [0.15, 0.2) is 18.2 Å². The van der Waals surface area contributed by atoms with Gasteiger partial charge in [-0.05, 0) is 54.3 Å². The summed E-state index contributed by atoms with van der Waals surface area (Å²) in [5, 5.41) is 3.23. The number of ether oxygens (including phenoxy) is 1. The molecule has 2 rings (SSSR count). The minimum absolute atomic E-state index is 0.0239. The SMILES string of the molecule is COc1ccc2c(c1)C(NCCSC(F)(F)F)CCC2. The molecule has 2 nitrogen and oxygen atoms in total. The van der Waals surface area contributed by atoms with E-state index in [0.29, 0.717) is 6.54 Å². The summed E-state index contributed by atoms with van der Waals surface area (Å²) in [6, 6.07) is 6.10. The summed E-state index contributed by atoms with van der Waals surface area (Å²) in [5.74, 6) is 0.835. The average molecular weight is 305 g/mol. The van der Waals surface area contributed by atoms with Crippen LogP contribution in [-0.2, 0) is 6.42 Å². The molecule has 1 unspecified atom stereocenters. The number of halogens is 3. The van der Waals surface area contributed by atoms with Crippen molar-refractivity contribution in [2.45, 2.75) is 30.8 Å². The number of rotatable bonds is 5. The van der Waals surface area contributed by atoms with Crippen LogP contribution in [0.4, 0.5) is 13.2 Å². The molecule has 1 N–H and O–H groups in total. The zero-order chi connectivity index (χ0) is 14.6. The molecule has 20 heavy (non-hydrogen) atoms. The van der Waals surface area contributed by atoms with Gasteiger partial charge in [-0.1, -0.05) is 6.07 Å². The van der Waals surface area contributed by atoms with Gasteiger partial charge in [-0.15, -0.1) is 0 Å². The molecular formula is C14H18F3NOS. The Labute approximate surface area is 121 Å². The molecule has 112 valence electrons. The number of alkyl halides is 3. The van der Waals surface area contributed by atoms with E-state index in [1.54, 1.807) is 7.11 Å². The monoisotopic (exact) mass is 305 g/mol. The van der Waals surface area contributed by atoms with Crippen molar-refractivity contribution in [1.29, 1.82) is 0 Å². The summed E-state index contributed by atoms with van der Waals surface area (Å²) in [6.45, 7) is 0.353. The molecule has 0 amide bonds. The molecule has 0 bridgehead atoms. The highest BCUT2D eigenvalue weighted by atomic mass is 32.2. The third-order valence-electron chi connectivity index (χ3n) is 3.43. The molecule has 0 aromatic heterocycles. The van der Waals surface area contributed by atoms with Crippen LogP contribution in [0.3, 0.4) is 0 Å². The third-order valence-corrected chi connectivity index (χ3v) is 4.16. The first-order chi connectivity index (χ1) is 9.49. The van der Waals surface area contributed by atoms with Crippen molar-refractivity contribution >= 4 is 11.8 Å². The van der Waals surface area contributed by atoms with E-state index < -0.39 is 5.51 Å². The van der Waals surface area contributed by atoms with Gasteiger partial charge in [0.2, 0.25) is 0 Å². The number of hydrogen-bond donors (Lipinski definition) is 1. The van der Waals surface area contributed by atoms with Gasteiger partial charge in [-0.25, -0.2) is 0 Å². The van der Waals surface area contributed by atoms with Gasteiger partial charge in [0.15, 0.2) is 0 Å². The summed E-state index contributed by atoms with van der Waals surface area (Å²) in [6.07, 6.45) is 3.04. The highest BCUT2D eigenvalue weighted by Gasteiger charge is 2.28. The lowest BCUT2D eigenvalue weighted by Gasteiger charge is -2.27. The number of hydrogen-bond acceptors (Lipinski definition) is 3. The van der Waals surface area contributed by atoms with Gasteiger partial charge in [-0.3, -0.25) is 0 Å². The van der Waals surface area contributed by atoms with E-state index >= 15 is 0 Å². The van der Waals surface area contributed by atoms with Gasteiger partial charge < -0.3 is 10.1 Å². The normalized spacial score (nSPS) is 18.7. The second-order valence-corrected chi connectivity index (χ2v) is 5.92. The maximum atomic E-state index is 12.1. The van der Waals surface area contributed by atoms with Gasteiger partial charge >= 0.3 is 5.51 Å². The van der Waals surface area contributed by atoms with Crippen LogP contribution in [0, 0.1) is 0 Å². The van der Waals surface area contributed by atoms with Crippen molar-refractivity contribution in [1.82, 2.24) is 5.32 Å². The molecule has 1 aliphatic rings. The van der Waals surface area contributed by atoms with Gasteiger partial charge in [0.1, 0.15) is 5.75 Å². The molecule has 1 atom stereocenters. The predicted molar refractivity (Wildman–Crippen MR) is 75.2 cm³/mol. The summed E-state index contributed by atoms with van der Waals surface area (Å²) in [7, 11) is 1.62. The molecule has 0 heterocycles. The predicted octanol–water partition coefficient (Wildman–Crippen LogP) is 3.92. The molecule has 0 spiro atoms. The second-order valence-electron chi connectivity index (χ2n) is 4.76. The summed E-state index contributed by atoms with van der Waals surface area (Å²) in [4.78, 5) is 0. The Morgan fingerprint density at radius 1 is 1.40 bits per heavy atom. The molecular weight excluding hydrogens is 287 g/mol. The van der Waals surface area contributed by atoms with Crippen LogP contribution in [-0.4, -0.2) is 24.9 Å². The van der Waals surface area contributed by atoms with Crippen molar-refractivity contribution in [3.63, 3.8) is 0 Å². The standard InChI is InChI=1S/C14H18F3NOS/c1-19-11-6-5-10-3-2-4-13(12(10)9-11)18-7-8-20-14(15,16)17/h5-6,9,13,18H,2-4,7-8H2,1H3. The Morgan fingerprint density at radius 3 is 2.90 bits per heavy atom. The van der Waals surface area contributed by atoms with E-state index in [4.69, 9.17) is 4.74 Å². The van der Waals surface area contributed by atoms with Crippen molar-refractivity contribution in [2.75, 3.05) is 19.4 Å². The van der Waals surface area contributed by atoms with E-state index in [-0.39, 0.29) is 23.6 Å². The number of fused-ring (bicyclic) bond motifs is 1. The number of benzene rings is 1. The van der Waals surface area contributed by atoms with Crippen molar-refractivity contribution in [3.05, 3.63) is 29.3 Å². The largest absolute Gasteiger partial charge is 0.497 e. The quantitative estimate of drug-likeness (QED) is 0.833. The fourth-order valence-electron chi connectivity index (χ4n) is 2.52. The Kier molecular flexibility index (Phi) is 5.21. The van der Waals surface area contributed by atoms with Crippen LogP contribution in [0.25, 0.3) is 0 Å². The van der Waals surface area contributed by atoms with E-state index in [2.05, 4.69) is 5.32 Å². The number of aryl methyl sites for hydroxylation is 1. The van der Waals surface area contributed by atoms with Gasteiger partial charge in [0, 0.05) is 18.3 Å². The van der Waals surface area contributed by atoms with Crippen molar-refractivity contribution in [3.8, 4) is 5.75 Å². The number of nitrogens with one attached hydrogen (secondary N) is 1. The zero-order valence-corrected chi connectivity index (χ0v) is 12.1. The van der Waals surface area contributed by atoms with E-state index in [9.17, 15) is 13.2 Å². The summed E-state index contributed by atoms with van der Waals surface area (Å²) >= 11 is 0.0239. The van der Waals surface area contributed by atoms with E-state index in [1.807, 2.05) is 18.2 Å². The highest BCUT2D eigenvalue weighted by molar-refractivity contribution is 8.00. The topological polar surface area (TPSA) is 21.3 Å². The van der Waals surface area contributed by atoms with Crippen LogP contribution >= 0.6 is 11.8 Å². The van der Waals surface area contributed by atoms with Crippen LogP contribution in [0.2, 0.25) is 0 Å².